The Morgan fingerprint density at radius 3 is 2.92 bits per heavy atom. The van der Waals surface area contributed by atoms with Crippen LogP contribution in [0.4, 0.5) is 0 Å². The van der Waals surface area contributed by atoms with Crippen LogP contribution in [0.15, 0.2) is 4.79 Å². The molecule has 2 rings (SSSR count). The lowest BCUT2D eigenvalue weighted by molar-refractivity contribution is 0.335. The van der Waals surface area contributed by atoms with Crippen molar-refractivity contribution in [3.8, 4) is 0 Å². The molecule has 0 spiro atoms. The molecule has 0 atom stereocenters. The standard InChI is InChI=1S/C7H12N4O/c12-7-9-6(10-11-7)4-8-5-2-1-3-5/h5,8H,1-4H2,(H2,9,10,11,12). The quantitative estimate of drug-likeness (QED) is 0.582. The van der Waals surface area contributed by atoms with Crippen molar-refractivity contribution in [1.29, 1.82) is 0 Å². The van der Waals surface area contributed by atoms with E-state index in [0.29, 0.717) is 18.4 Å². The zero-order chi connectivity index (χ0) is 8.39. The van der Waals surface area contributed by atoms with Gasteiger partial charge in [0.1, 0.15) is 5.82 Å². The van der Waals surface area contributed by atoms with Crippen LogP contribution in [-0.4, -0.2) is 21.2 Å². The van der Waals surface area contributed by atoms with Gasteiger partial charge < -0.3 is 5.32 Å². The van der Waals surface area contributed by atoms with Crippen LogP contribution in [0.5, 0.6) is 0 Å². The zero-order valence-electron chi connectivity index (χ0n) is 6.76. The van der Waals surface area contributed by atoms with Crippen molar-refractivity contribution in [2.45, 2.75) is 31.8 Å². The van der Waals surface area contributed by atoms with Gasteiger partial charge in [-0.2, -0.15) is 5.10 Å². The lowest BCUT2D eigenvalue weighted by Gasteiger charge is -2.25. The van der Waals surface area contributed by atoms with E-state index in [1.54, 1.807) is 0 Å². The first-order chi connectivity index (χ1) is 5.84. The molecule has 0 aromatic carbocycles. The second kappa shape index (κ2) is 3.10. The highest BCUT2D eigenvalue weighted by Gasteiger charge is 2.16. The molecule has 5 heteroatoms. The number of hydrogen-bond donors (Lipinski definition) is 3. The van der Waals surface area contributed by atoms with E-state index in [0.717, 1.165) is 0 Å². The molecule has 3 N–H and O–H groups in total. The van der Waals surface area contributed by atoms with Crippen molar-refractivity contribution in [1.82, 2.24) is 20.5 Å². The predicted molar refractivity (Wildman–Crippen MR) is 43.7 cm³/mol. The Morgan fingerprint density at radius 2 is 2.42 bits per heavy atom. The van der Waals surface area contributed by atoms with E-state index in [1.807, 2.05) is 0 Å². The van der Waals surface area contributed by atoms with E-state index in [1.165, 1.54) is 19.3 Å². The summed E-state index contributed by atoms with van der Waals surface area (Å²) in [6, 6.07) is 0.630. The number of H-pyrrole nitrogens is 2. The molecule has 1 aliphatic rings. The highest BCUT2D eigenvalue weighted by molar-refractivity contribution is 4.83. The van der Waals surface area contributed by atoms with E-state index in [9.17, 15) is 4.79 Å². The molecule has 5 nitrogen and oxygen atoms in total. The second-order valence-corrected chi connectivity index (χ2v) is 3.13. The molecular formula is C7H12N4O. The number of aromatic amines is 2. The Labute approximate surface area is 69.6 Å². The van der Waals surface area contributed by atoms with E-state index < -0.39 is 0 Å². The van der Waals surface area contributed by atoms with Gasteiger partial charge in [0, 0.05) is 6.04 Å². The maximum absolute atomic E-state index is 10.6. The van der Waals surface area contributed by atoms with Crippen LogP contribution in [0.1, 0.15) is 25.1 Å². The summed E-state index contributed by atoms with van der Waals surface area (Å²) in [4.78, 5) is 13.2. The van der Waals surface area contributed by atoms with Gasteiger partial charge in [-0.15, -0.1) is 0 Å². The molecule has 1 fully saturated rings. The van der Waals surface area contributed by atoms with Crippen molar-refractivity contribution >= 4 is 0 Å². The van der Waals surface area contributed by atoms with Crippen molar-refractivity contribution in [3.63, 3.8) is 0 Å². The summed E-state index contributed by atoms with van der Waals surface area (Å²) in [6.07, 6.45) is 3.80. The molecule has 1 aliphatic carbocycles. The van der Waals surface area contributed by atoms with E-state index >= 15 is 0 Å². The summed E-state index contributed by atoms with van der Waals surface area (Å²) in [5.74, 6) is 0.687. The molecule has 0 bridgehead atoms. The monoisotopic (exact) mass is 168 g/mol. The Hall–Kier alpha value is -1.10. The van der Waals surface area contributed by atoms with Gasteiger partial charge in [-0.3, -0.25) is 4.98 Å². The third-order valence-corrected chi connectivity index (χ3v) is 2.21. The maximum atomic E-state index is 10.6. The van der Waals surface area contributed by atoms with Gasteiger partial charge >= 0.3 is 5.69 Å². The summed E-state index contributed by atoms with van der Waals surface area (Å²) in [7, 11) is 0. The highest BCUT2D eigenvalue weighted by atomic mass is 16.1. The molecule has 1 aromatic rings. The van der Waals surface area contributed by atoms with Gasteiger partial charge in [0.15, 0.2) is 0 Å². The largest absolute Gasteiger partial charge is 0.340 e. The fraction of sp³-hybridized carbons (Fsp3) is 0.714. The second-order valence-electron chi connectivity index (χ2n) is 3.13. The molecule has 12 heavy (non-hydrogen) atoms. The van der Waals surface area contributed by atoms with Crippen molar-refractivity contribution in [3.05, 3.63) is 16.3 Å². The van der Waals surface area contributed by atoms with Crippen LogP contribution in [0, 0.1) is 0 Å². The SMILES string of the molecule is O=c1[nH]nc(CNC2CCC2)[nH]1. The first-order valence-corrected chi connectivity index (χ1v) is 4.21. The van der Waals surface area contributed by atoms with Crippen LogP contribution in [0.2, 0.25) is 0 Å². The highest BCUT2D eigenvalue weighted by Crippen LogP contribution is 2.17. The van der Waals surface area contributed by atoms with Crippen molar-refractivity contribution in [2.75, 3.05) is 0 Å². The minimum absolute atomic E-state index is 0.236. The van der Waals surface area contributed by atoms with Crippen molar-refractivity contribution in [2.24, 2.45) is 0 Å². The summed E-state index contributed by atoms with van der Waals surface area (Å²) < 4.78 is 0. The van der Waals surface area contributed by atoms with Crippen LogP contribution in [0.25, 0.3) is 0 Å². The molecule has 66 valence electrons. The Morgan fingerprint density at radius 1 is 1.58 bits per heavy atom. The molecule has 1 saturated carbocycles. The minimum Gasteiger partial charge on any atom is -0.307 e. The molecular weight excluding hydrogens is 156 g/mol. The fourth-order valence-corrected chi connectivity index (χ4v) is 1.24. The lowest BCUT2D eigenvalue weighted by atomic mass is 9.93. The van der Waals surface area contributed by atoms with Gasteiger partial charge in [0.2, 0.25) is 0 Å². The lowest BCUT2D eigenvalue weighted by Crippen LogP contribution is -2.34. The average Bonchev–Trinajstić information content (AvgIpc) is 2.32. The Bertz CT molecular complexity index is 298. The molecule has 1 aromatic heterocycles. The number of hydrogen-bond acceptors (Lipinski definition) is 3. The Balaban J connectivity index is 1.82. The topological polar surface area (TPSA) is 73.6 Å². The molecule has 0 amide bonds. The predicted octanol–water partition coefficient (Wildman–Crippen LogP) is -0.260. The third-order valence-electron chi connectivity index (χ3n) is 2.21. The summed E-state index contributed by atoms with van der Waals surface area (Å²) >= 11 is 0. The molecule has 0 unspecified atom stereocenters. The number of rotatable bonds is 3. The average molecular weight is 168 g/mol. The van der Waals surface area contributed by atoms with Crippen molar-refractivity contribution < 1.29 is 0 Å². The number of nitrogens with zero attached hydrogens (tertiary/aromatic N) is 1. The minimum atomic E-state index is -0.236. The normalized spacial score (nSPS) is 17.7. The van der Waals surface area contributed by atoms with Crippen LogP contribution >= 0.6 is 0 Å². The summed E-state index contributed by atoms with van der Waals surface area (Å²) in [5, 5.41) is 9.41. The van der Waals surface area contributed by atoms with E-state index in [2.05, 4.69) is 20.5 Å². The summed E-state index contributed by atoms with van der Waals surface area (Å²) in [6.45, 7) is 0.656. The van der Waals surface area contributed by atoms with Crippen LogP contribution < -0.4 is 11.0 Å². The summed E-state index contributed by atoms with van der Waals surface area (Å²) in [5.41, 5.74) is -0.236. The maximum Gasteiger partial charge on any atom is 0.340 e. The Kier molecular flexibility index (Phi) is 1.95. The first kappa shape index (κ1) is 7.54. The van der Waals surface area contributed by atoms with Gasteiger partial charge in [-0.25, -0.2) is 9.89 Å². The number of aromatic nitrogens is 3. The van der Waals surface area contributed by atoms with Gasteiger partial charge in [-0.05, 0) is 12.8 Å². The van der Waals surface area contributed by atoms with E-state index in [-0.39, 0.29) is 5.69 Å². The molecule has 0 aliphatic heterocycles. The van der Waals surface area contributed by atoms with E-state index in [4.69, 9.17) is 0 Å². The molecule has 0 radical (unpaired) electrons. The van der Waals surface area contributed by atoms with Gasteiger partial charge in [-0.1, -0.05) is 6.42 Å². The molecule has 1 heterocycles. The zero-order valence-corrected chi connectivity index (χ0v) is 6.76. The van der Waals surface area contributed by atoms with Gasteiger partial charge in [0.25, 0.3) is 0 Å². The van der Waals surface area contributed by atoms with Crippen LogP contribution in [0.3, 0.4) is 0 Å². The van der Waals surface area contributed by atoms with Crippen LogP contribution in [-0.2, 0) is 6.54 Å². The third kappa shape index (κ3) is 1.55. The number of nitrogens with one attached hydrogen (secondary N) is 3. The fourth-order valence-electron chi connectivity index (χ4n) is 1.24. The molecule has 0 saturated heterocycles. The smallest absolute Gasteiger partial charge is 0.307 e. The van der Waals surface area contributed by atoms with Gasteiger partial charge in [0.05, 0.1) is 6.54 Å². The first-order valence-electron chi connectivity index (χ1n) is 4.21.